The lowest BCUT2D eigenvalue weighted by Gasteiger charge is -2.21. The third kappa shape index (κ3) is 4.46. The van der Waals surface area contributed by atoms with Crippen LogP contribution in [0.4, 0.5) is 11.4 Å². The molecule has 1 aliphatic carbocycles. The Labute approximate surface area is 125 Å². The van der Waals surface area contributed by atoms with E-state index < -0.39 is 9.84 Å². The number of rotatable bonds is 5. The number of nitrogens with two attached hydrogens (primary N) is 1. The molecule has 0 radical (unpaired) electrons. The van der Waals surface area contributed by atoms with Crippen LogP contribution >= 0.6 is 0 Å². The van der Waals surface area contributed by atoms with Crippen molar-refractivity contribution in [2.24, 2.45) is 0 Å². The van der Waals surface area contributed by atoms with Gasteiger partial charge >= 0.3 is 0 Å². The molecule has 0 aliphatic heterocycles. The van der Waals surface area contributed by atoms with E-state index in [4.69, 9.17) is 5.73 Å². The summed E-state index contributed by atoms with van der Waals surface area (Å²) in [6.07, 6.45) is 4.49. The predicted molar refractivity (Wildman–Crippen MR) is 84.8 cm³/mol. The molecule has 3 N–H and O–H groups in total. The number of benzene rings is 1. The second kappa shape index (κ2) is 6.93. The van der Waals surface area contributed by atoms with Crippen molar-refractivity contribution in [3.05, 3.63) is 24.3 Å². The first-order chi connectivity index (χ1) is 9.99. The van der Waals surface area contributed by atoms with Crippen molar-refractivity contribution in [3.8, 4) is 0 Å². The maximum Gasteiger partial charge on any atom is 0.225 e. The van der Waals surface area contributed by atoms with Crippen LogP contribution in [-0.4, -0.2) is 25.3 Å². The highest BCUT2D eigenvalue weighted by Crippen LogP contribution is 2.24. The number of sulfone groups is 1. The Morgan fingerprint density at radius 3 is 2.52 bits per heavy atom. The Morgan fingerprint density at radius 2 is 1.86 bits per heavy atom. The zero-order chi connectivity index (χ0) is 15.3. The number of amides is 1. The average Bonchev–Trinajstić information content (AvgIpc) is 2.49. The van der Waals surface area contributed by atoms with Gasteiger partial charge in [0.1, 0.15) is 0 Å². The van der Waals surface area contributed by atoms with Gasteiger partial charge in [-0.3, -0.25) is 4.79 Å². The number of carbonyl (C=O) groups excluding carboxylic acids is 1. The zero-order valence-corrected chi connectivity index (χ0v) is 12.9. The van der Waals surface area contributed by atoms with Gasteiger partial charge in [-0.1, -0.05) is 31.4 Å². The third-order valence-corrected chi connectivity index (χ3v) is 6.17. The van der Waals surface area contributed by atoms with Crippen LogP contribution in [0.1, 0.15) is 38.5 Å². The first kappa shape index (κ1) is 15.8. The van der Waals surface area contributed by atoms with Crippen molar-refractivity contribution in [2.75, 3.05) is 16.8 Å². The predicted octanol–water partition coefficient (Wildman–Crippen LogP) is 2.34. The molecule has 6 heteroatoms. The van der Waals surface area contributed by atoms with Crippen LogP contribution in [-0.2, 0) is 14.6 Å². The monoisotopic (exact) mass is 310 g/mol. The number of anilines is 2. The summed E-state index contributed by atoms with van der Waals surface area (Å²) in [5, 5.41) is 2.39. The summed E-state index contributed by atoms with van der Waals surface area (Å²) in [4.78, 5) is 11.9. The highest BCUT2D eigenvalue weighted by Gasteiger charge is 2.27. The topological polar surface area (TPSA) is 89.3 Å². The molecule has 0 heterocycles. The number of hydrogen-bond donors (Lipinski definition) is 2. The molecule has 1 aliphatic rings. The fraction of sp³-hybridized carbons (Fsp3) is 0.533. The molecular weight excluding hydrogens is 288 g/mol. The summed E-state index contributed by atoms with van der Waals surface area (Å²) in [6, 6.07) is 6.93. The van der Waals surface area contributed by atoms with Gasteiger partial charge in [0.15, 0.2) is 9.84 Å². The molecule has 5 nitrogen and oxygen atoms in total. The van der Waals surface area contributed by atoms with E-state index in [1.807, 2.05) is 0 Å². The van der Waals surface area contributed by atoms with Gasteiger partial charge in [-0.05, 0) is 25.0 Å². The number of nitrogens with one attached hydrogen (secondary N) is 1. The van der Waals surface area contributed by atoms with Gasteiger partial charge in [0.2, 0.25) is 5.91 Å². The second-order valence-electron chi connectivity index (χ2n) is 5.51. The molecule has 1 amide bonds. The summed E-state index contributed by atoms with van der Waals surface area (Å²) in [5.74, 6) is -0.400. The van der Waals surface area contributed by atoms with Gasteiger partial charge in [-0.15, -0.1) is 0 Å². The Kier molecular flexibility index (Phi) is 5.22. The summed E-state index contributed by atoms with van der Waals surface area (Å²) in [6.45, 7) is 0. The summed E-state index contributed by atoms with van der Waals surface area (Å²) in [5.41, 5.74) is 6.73. The molecule has 0 spiro atoms. The van der Waals surface area contributed by atoms with Gasteiger partial charge in [0.05, 0.1) is 22.4 Å². The smallest absolute Gasteiger partial charge is 0.225 e. The van der Waals surface area contributed by atoms with Crippen molar-refractivity contribution in [2.45, 2.75) is 43.8 Å². The van der Waals surface area contributed by atoms with Crippen molar-refractivity contribution >= 4 is 27.1 Å². The SMILES string of the molecule is Nc1ccccc1NC(=O)CCS(=O)(=O)C1CCCCC1. The molecule has 0 unspecified atom stereocenters. The molecule has 1 aromatic carbocycles. The van der Waals surface area contributed by atoms with Crippen LogP contribution < -0.4 is 11.1 Å². The molecule has 21 heavy (non-hydrogen) atoms. The van der Waals surface area contributed by atoms with E-state index in [1.165, 1.54) is 0 Å². The molecule has 1 aromatic rings. The summed E-state index contributed by atoms with van der Waals surface area (Å²) < 4.78 is 24.4. The van der Waals surface area contributed by atoms with Gasteiger partial charge in [0.25, 0.3) is 0 Å². The Bertz CT molecular complexity index is 593. The molecule has 0 saturated heterocycles. The molecule has 116 valence electrons. The van der Waals surface area contributed by atoms with E-state index in [0.717, 1.165) is 32.1 Å². The first-order valence-electron chi connectivity index (χ1n) is 7.35. The van der Waals surface area contributed by atoms with Crippen LogP contribution in [0.15, 0.2) is 24.3 Å². The van der Waals surface area contributed by atoms with Crippen molar-refractivity contribution in [3.63, 3.8) is 0 Å². The number of nitrogen functional groups attached to an aromatic ring is 1. The Hall–Kier alpha value is -1.56. The zero-order valence-electron chi connectivity index (χ0n) is 12.0. The van der Waals surface area contributed by atoms with Crippen molar-refractivity contribution in [1.82, 2.24) is 0 Å². The lowest BCUT2D eigenvalue weighted by molar-refractivity contribution is -0.115. The van der Waals surface area contributed by atoms with E-state index in [0.29, 0.717) is 11.4 Å². The lowest BCUT2D eigenvalue weighted by atomic mass is 10.0. The lowest BCUT2D eigenvalue weighted by Crippen LogP contribution is -2.28. The van der Waals surface area contributed by atoms with Crippen LogP contribution in [0.2, 0.25) is 0 Å². The molecule has 0 atom stereocenters. The largest absolute Gasteiger partial charge is 0.397 e. The summed E-state index contributed by atoms with van der Waals surface area (Å²) in [7, 11) is -3.17. The van der Waals surface area contributed by atoms with Crippen molar-refractivity contribution in [1.29, 1.82) is 0 Å². The number of carbonyl (C=O) groups is 1. The molecule has 2 rings (SSSR count). The van der Waals surface area contributed by atoms with Crippen LogP contribution in [0.25, 0.3) is 0 Å². The van der Waals surface area contributed by atoms with E-state index in [9.17, 15) is 13.2 Å². The number of para-hydroxylation sites is 2. The normalized spacial score (nSPS) is 16.6. The average molecular weight is 310 g/mol. The molecule has 1 saturated carbocycles. The van der Waals surface area contributed by atoms with Gasteiger partial charge in [0, 0.05) is 6.42 Å². The minimum absolute atomic E-state index is 0.0207. The quantitative estimate of drug-likeness (QED) is 0.817. The Balaban J connectivity index is 1.87. The molecule has 0 bridgehead atoms. The van der Waals surface area contributed by atoms with Crippen LogP contribution in [0.5, 0.6) is 0 Å². The van der Waals surface area contributed by atoms with Crippen molar-refractivity contribution < 1.29 is 13.2 Å². The summed E-state index contributed by atoms with van der Waals surface area (Å²) >= 11 is 0. The Morgan fingerprint density at radius 1 is 1.19 bits per heavy atom. The molecule has 0 aromatic heterocycles. The fourth-order valence-electron chi connectivity index (χ4n) is 2.65. The second-order valence-corrected chi connectivity index (χ2v) is 7.91. The highest BCUT2D eigenvalue weighted by atomic mass is 32.2. The van der Waals surface area contributed by atoms with E-state index >= 15 is 0 Å². The van der Waals surface area contributed by atoms with Crippen LogP contribution in [0, 0.1) is 0 Å². The van der Waals surface area contributed by atoms with E-state index in [1.54, 1.807) is 24.3 Å². The van der Waals surface area contributed by atoms with E-state index in [2.05, 4.69) is 5.32 Å². The first-order valence-corrected chi connectivity index (χ1v) is 9.06. The maximum atomic E-state index is 12.2. The van der Waals surface area contributed by atoms with Crippen LogP contribution in [0.3, 0.4) is 0 Å². The minimum Gasteiger partial charge on any atom is -0.397 e. The van der Waals surface area contributed by atoms with Gasteiger partial charge in [-0.25, -0.2) is 8.42 Å². The molecule has 1 fully saturated rings. The highest BCUT2D eigenvalue weighted by molar-refractivity contribution is 7.92. The number of hydrogen-bond acceptors (Lipinski definition) is 4. The van der Waals surface area contributed by atoms with Gasteiger partial charge in [-0.2, -0.15) is 0 Å². The molecular formula is C15H22N2O3S. The van der Waals surface area contributed by atoms with Gasteiger partial charge < -0.3 is 11.1 Å². The fourth-order valence-corrected chi connectivity index (χ4v) is 4.50. The third-order valence-electron chi connectivity index (χ3n) is 3.91. The maximum absolute atomic E-state index is 12.2. The minimum atomic E-state index is -3.17. The standard InChI is InChI=1S/C15H22N2O3S/c16-13-8-4-5-9-14(13)17-15(18)10-11-21(19,20)12-6-2-1-3-7-12/h4-5,8-9,12H,1-3,6-7,10-11,16H2,(H,17,18). The van der Waals surface area contributed by atoms with E-state index in [-0.39, 0.29) is 23.3 Å².